The minimum Gasteiger partial charge on any atom is -0.317 e. The van der Waals surface area contributed by atoms with Crippen molar-refractivity contribution in [2.24, 2.45) is 4.99 Å². The van der Waals surface area contributed by atoms with Crippen LogP contribution in [0.15, 0.2) is 52.4 Å². The molecule has 25 heavy (non-hydrogen) atoms. The van der Waals surface area contributed by atoms with Gasteiger partial charge in [0.15, 0.2) is 4.80 Å². The fraction of sp³-hybridized carbons (Fsp3) is 0.300. The van der Waals surface area contributed by atoms with Crippen LogP contribution in [0.1, 0.15) is 24.5 Å². The number of fused-ring (bicyclic) bond motifs is 1. The first-order valence-electron chi connectivity index (χ1n) is 8.44. The maximum Gasteiger partial charge on any atom is 0.249 e. The highest BCUT2D eigenvalue weighted by atomic mass is 32.2. The number of thiazole rings is 1. The maximum absolute atomic E-state index is 12.3. The lowest BCUT2D eigenvalue weighted by Crippen LogP contribution is -2.15. The minimum absolute atomic E-state index is 0.0508. The van der Waals surface area contributed by atoms with Gasteiger partial charge in [-0.05, 0) is 50.6 Å². The molecule has 0 spiro atoms. The van der Waals surface area contributed by atoms with E-state index in [-0.39, 0.29) is 5.91 Å². The zero-order valence-corrected chi connectivity index (χ0v) is 16.4. The first kappa shape index (κ1) is 18.0. The summed E-state index contributed by atoms with van der Waals surface area (Å²) in [4.78, 5) is 18.6. The first-order chi connectivity index (χ1) is 12.1. The molecular formula is C20H22N2OS2. The van der Waals surface area contributed by atoms with E-state index in [1.807, 2.05) is 0 Å². The summed E-state index contributed by atoms with van der Waals surface area (Å²) in [5.41, 5.74) is 3.63. The van der Waals surface area contributed by atoms with Gasteiger partial charge in [0.25, 0.3) is 0 Å². The highest BCUT2D eigenvalue weighted by molar-refractivity contribution is 7.99. The first-order valence-corrected chi connectivity index (χ1v) is 10.2. The Kier molecular flexibility index (Phi) is 5.76. The van der Waals surface area contributed by atoms with Crippen molar-refractivity contribution in [1.29, 1.82) is 0 Å². The molecule has 0 bridgehead atoms. The van der Waals surface area contributed by atoms with Crippen molar-refractivity contribution in [2.45, 2.75) is 38.6 Å². The van der Waals surface area contributed by atoms with Crippen LogP contribution < -0.4 is 4.80 Å². The van der Waals surface area contributed by atoms with E-state index in [9.17, 15) is 4.79 Å². The van der Waals surface area contributed by atoms with Gasteiger partial charge in [0.05, 0.1) is 10.2 Å². The number of carbonyl (C=O) groups excluding carboxylic acids is 1. The monoisotopic (exact) mass is 370 g/mol. The molecule has 0 radical (unpaired) electrons. The second kappa shape index (κ2) is 8.02. The van der Waals surface area contributed by atoms with Crippen LogP contribution in [0.4, 0.5) is 0 Å². The van der Waals surface area contributed by atoms with Crippen LogP contribution in [0.3, 0.4) is 0 Å². The van der Waals surface area contributed by atoms with Gasteiger partial charge in [-0.15, -0.1) is 11.8 Å². The van der Waals surface area contributed by atoms with Crippen molar-refractivity contribution in [1.82, 2.24) is 4.57 Å². The summed E-state index contributed by atoms with van der Waals surface area (Å²) in [7, 11) is 0. The molecule has 0 aliphatic rings. The lowest BCUT2D eigenvalue weighted by atomic mass is 10.2. The zero-order valence-electron chi connectivity index (χ0n) is 14.8. The average molecular weight is 371 g/mol. The molecule has 0 saturated heterocycles. The number of nitrogens with zero attached hydrogens (tertiary/aromatic N) is 2. The average Bonchev–Trinajstić information content (AvgIpc) is 2.92. The highest BCUT2D eigenvalue weighted by Gasteiger charge is 2.07. The van der Waals surface area contributed by atoms with E-state index >= 15 is 0 Å². The van der Waals surface area contributed by atoms with Crippen LogP contribution in [-0.2, 0) is 11.3 Å². The Hall–Kier alpha value is -1.85. The largest absolute Gasteiger partial charge is 0.317 e. The second-order valence-corrected chi connectivity index (χ2v) is 8.19. The molecule has 3 nitrogen and oxygen atoms in total. The summed E-state index contributed by atoms with van der Waals surface area (Å²) in [5, 5.41) is 0. The lowest BCUT2D eigenvalue weighted by Gasteiger charge is -2.01. The topological polar surface area (TPSA) is 34.4 Å². The summed E-state index contributed by atoms with van der Waals surface area (Å²) >= 11 is 3.29. The standard InChI is InChI=1S/C20H22N2OS2/c1-4-22-17-10-7-15(3)13-18(17)25-20(22)21-19(23)11-12-24-16-8-5-14(2)6-9-16/h5-10,13H,4,11-12H2,1-3H3. The van der Waals surface area contributed by atoms with Crippen LogP contribution in [-0.4, -0.2) is 16.2 Å². The summed E-state index contributed by atoms with van der Waals surface area (Å²) < 4.78 is 3.30. The summed E-state index contributed by atoms with van der Waals surface area (Å²) in [6.45, 7) is 7.06. The molecule has 0 aliphatic heterocycles. The van der Waals surface area contributed by atoms with E-state index in [2.05, 4.69) is 72.8 Å². The molecule has 0 saturated carbocycles. The normalized spacial score (nSPS) is 12.0. The Morgan fingerprint density at radius 3 is 2.56 bits per heavy atom. The van der Waals surface area contributed by atoms with Crippen LogP contribution in [0.5, 0.6) is 0 Å². The van der Waals surface area contributed by atoms with Gasteiger partial charge in [0, 0.05) is 23.6 Å². The fourth-order valence-electron chi connectivity index (χ4n) is 2.62. The molecule has 0 aliphatic carbocycles. The number of amides is 1. The van der Waals surface area contributed by atoms with E-state index < -0.39 is 0 Å². The number of hydrogen-bond acceptors (Lipinski definition) is 3. The van der Waals surface area contributed by atoms with E-state index in [1.165, 1.54) is 20.7 Å². The van der Waals surface area contributed by atoms with Crippen molar-refractivity contribution in [3.05, 3.63) is 58.4 Å². The van der Waals surface area contributed by atoms with Gasteiger partial charge in [-0.1, -0.05) is 35.1 Å². The zero-order chi connectivity index (χ0) is 17.8. The molecule has 1 heterocycles. The molecule has 0 atom stereocenters. The van der Waals surface area contributed by atoms with Gasteiger partial charge in [-0.3, -0.25) is 4.79 Å². The van der Waals surface area contributed by atoms with Gasteiger partial charge in [0.1, 0.15) is 0 Å². The molecule has 1 amide bonds. The summed E-state index contributed by atoms with van der Waals surface area (Å²) in [6, 6.07) is 14.8. The number of aromatic nitrogens is 1. The Balaban J connectivity index is 1.72. The summed E-state index contributed by atoms with van der Waals surface area (Å²) in [6.07, 6.45) is 0.454. The van der Waals surface area contributed by atoms with E-state index in [0.29, 0.717) is 6.42 Å². The molecular weight excluding hydrogens is 348 g/mol. The maximum atomic E-state index is 12.3. The summed E-state index contributed by atoms with van der Waals surface area (Å²) in [5.74, 6) is 0.701. The highest BCUT2D eigenvalue weighted by Crippen LogP contribution is 2.20. The van der Waals surface area contributed by atoms with E-state index in [0.717, 1.165) is 22.6 Å². The predicted molar refractivity (Wildman–Crippen MR) is 107 cm³/mol. The number of rotatable bonds is 5. The Labute approximate surface area is 156 Å². The molecule has 5 heteroatoms. The Morgan fingerprint density at radius 1 is 1.12 bits per heavy atom. The molecule has 0 unspecified atom stereocenters. The van der Waals surface area contributed by atoms with Crippen molar-refractivity contribution in [2.75, 3.05) is 5.75 Å². The van der Waals surface area contributed by atoms with Crippen LogP contribution in [0.25, 0.3) is 10.2 Å². The third-order valence-corrected chi connectivity index (χ3v) is 6.04. The van der Waals surface area contributed by atoms with Gasteiger partial charge < -0.3 is 4.57 Å². The third-order valence-electron chi connectivity index (χ3n) is 3.98. The minimum atomic E-state index is -0.0508. The smallest absolute Gasteiger partial charge is 0.249 e. The second-order valence-electron chi connectivity index (χ2n) is 6.02. The van der Waals surface area contributed by atoms with Crippen LogP contribution in [0.2, 0.25) is 0 Å². The number of carbonyl (C=O) groups is 1. The van der Waals surface area contributed by atoms with Gasteiger partial charge in [-0.25, -0.2) is 0 Å². The molecule has 3 rings (SSSR count). The van der Waals surface area contributed by atoms with E-state index in [1.54, 1.807) is 23.1 Å². The number of benzene rings is 2. The lowest BCUT2D eigenvalue weighted by molar-refractivity contribution is -0.117. The predicted octanol–water partition coefficient (Wildman–Crippen LogP) is 4.95. The van der Waals surface area contributed by atoms with E-state index in [4.69, 9.17) is 0 Å². The molecule has 2 aromatic carbocycles. The van der Waals surface area contributed by atoms with Crippen LogP contribution in [0, 0.1) is 13.8 Å². The van der Waals surface area contributed by atoms with Gasteiger partial charge in [0.2, 0.25) is 5.91 Å². The van der Waals surface area contributed by atoms with Crippen LogP contribution >= 0.6 is 23.1 Å². The quantitative estimate of drug-likeness (QED) is 0.596. The van der Waals surface area contributed by atoms with Crippen molar-refractivity contribution >= 4 is 39.2 Å². The van der Waals surface area contributed by atoms with Gasteiger partial charge in [-0.2, -0.15) is 4.99 Å². The number of aryl methyl sites for hydroxylation is 3. The Morgan fingerprint density at radius 2 is 1.84 bits per heavy atom. The number of thioether (sulfide) groups is 1. The van der Waals surface area contributed by atoms with Crippen molar-refractivity contribution in [3.8, 4) is 0 Å². The molecule has 0 N–H and O–H groups in total. The SMILES string of the molecule is CCn1c(=NC(=O)CCSc2ccc(C)cc2)sc2cc(C)ccc21. The van der Waals surface area contributed by atoms with Crippen molar-refractivity contribution in [3.63, 3.8) is 0 Å². The Bertz CT molecular complexity index is 952. The number of hydrogen-bond donors (Lipinski definition) is 0. The van der Waals surface area contributed by atoms with Crippen molar-refractivity contribution < 1.29 is 4.79 Å². The van der Waals surface area contributed by atoms with Gasteiger partial charge >= 0.3 is 0 Å². The third kappa shape index (κ3) is 4.41. The fourth-order valence-corrected chi connectivity index (χ4v) is 4.67. The molecule has 1 aromatic heterocycles. The molecule has 0 fully saturated rings. The molecule has 130 valence electrons. The molecule has 3 aromatic rings.